The van der Waals surface area contributed by atoms with Crippen molar-refractivity contribution in [1.82, 2.24) is 0 Å². The van der Waals surface area contributed by atoms with E-state index >= 15 is 0 Å². The van der Waals surface area contributed by atoms with Crippen LogP contribution >= 0.6 is 0 Å². The first-order valence-electron chi connectivity index (χ1n) is 5.34. The molecule has 0 spiro atoms. The molecule has 2 bridgehead atoms. The van der Waals surface area contributed by atoms with Crippen molar-refractivity contribution in [2.24, 2.45) is 17.3 Å². The zero-order chi connectivity index (χ0) is 9.05. The summed E-state index contributed by atoms with van der Waals surface area (Å²) in [5, 5.41) is 9.38. The van der Waals surface area contributed by atoms with Gasteiger partial charge in [-0.15, -0.1) is 0 Å². The molecule has 1 N–H and O–H groups in total. The first kappa shape index (κ1) is 7.84. The monoisotopic (exact) mass is 179 g/mol. The van der Waals surface area contributed by atoms with Crippen LogP contribution in [0.15, 0.2) is 0 Å². The van der Waals surface area contributed by atoms with E-state index in [1.165, 1.54) is 18.8 Å². The Kier molecular flexibility index (Phi) is 1.38. The van der Waals surface area contributed by atoms with Gasteiger partial charge in [0.15, 0.2) is 0 Å². The predicted molar refractivity (Wildman–Crippen MR) is 48.0 cm³/mol. The fourth-order valence-corrected chi connectivity index (χ4v) is 4.16. The quantitative estimate of drug-likeness (QED) is 0.670. The summed E-state index contributed by atoms with van der Waals surface area (Å²) in [5.74, 6) is 2.10. The van der Waals surface area contributed by atoms with Crippen molar-refractivity contribution >= 4 is 5.97 Å². The second-order valence-electron chi connectivity index (χ2n) is 4.88. The summed E-state index contributed by atoms with van der Waals surface area (Å²) in [6.07, 6.45) is 6.75. The van der Waals surface area contributed by atoms with Gasteiger partial charge in [-0.2, -0.15) is 0 Å². The van der Waals surface area contributed by atoms with Crippen LogP contribution in [-0.2, 0) is 4.79 Å². The normalized spacial score (nSPS) is 48.3. The summed E-state index contributed by atoms with van der Waals surface area (Å²) in [6.45, 7) is 0. The van der Waals surface area contributed by atoms with Gasteiger partial charge >= 0.3 is 5.97 Å². The Hall–Kier alpha value is -0.530. The van der Waals surface area contributed by atoms with Crippen LogP contribution < -0.4 is 0 Å². The highest BCUT2D eigenvalue weighted by atomic mass is 16.4. The van der Waals surface area contributed by atoms with E-state index in [9.17, 15) is 9.90 Å². The third-order valence-corrected chi connectivity index (χ3v) is 4.63. The SMILES string of the molecule is O=C(O)C12CCCC1C1CC[C]2C1. The van der Waals surface area contributed by atoms with Crippen LogP contribution in [0.25, 0.3) is 0 Å². The topological polar surface area (TPSA) is 37.3 Å². The summed E-state index contributed by atoms with van der Waals surface area (Å²) >= 11 is 0. The highest BCUT2D eigenvalue weighted by Gasteiger charge is 2.64. The zero-order valence-electron chi connectivity index (χ0n) is 7.75. The standard InChI is InChI=1S/C11H15O2/c12-10(13)11-5-1-2-9(11)7-3-4-8(11)6-7/h7,9H,1-6H2,(H,12,13). The van der Waals surface area contributed by atoms with Crippen LogP contribution in [0.2, 0.25) is 0 Å². The maximum atomic E-state index is 11.4. The maximum absolute atomic E-state index is 11.4. The van der Waals surface area contributed by atoms with Gasteiger partial charge in [0.2, 0.25) is 0 Å². The Bertz CT molecular complexity index is 261. The van der Waals surface area contributed by atoms with E-state index in [2.05, 4.69) is 0 Å². The average molecular weight is 179 g/mol. The van der Waals surface area contributed by atoms with E-state index in [4.69, 9.17) is 0 Å². The number of carboxylic acids is 1. The fourth-order valence-electron chi connectivity index (χ4n) is 4.16. The molecule has 3 atom stereocenters. The summed E-state index contributed by atoms with van der Waals surface area (Å²) in [5.41, 5.74) is -0.344. The van der Waals surface area contributed by atoms with Crippen LogP contribution in [0.1, 0.15) is 38.5 Å². The summed E-state index contributed by atoms with van der Waals surface area (Å²) in [4.78, 5) is 11.4. The van der Waals surface area contributed by atoms with Gasteiger partial charge in [0, 0.05) is 0 Å². The molecule has 3 aliphatic rings. The lowest BCUT2D eigenvalue weighted by atomic mass is 9.68. The van der Waals surface area contributed by atoms with Gasteiger partial charge in [-0.25, -0.2) is 0 Å². The van der Waals surface area contributed by atoms with E-state index in [0.717, 1.165) is 31.6 Å². The Morgan fingerprint density at radius 3 is 3.00 bits per heavy atom. The van der Waals surface area contributed by atoms with Crippen molar-refractivity contribution in [2.45, 2.75) is 38.5 Å². The first-order valence-corrected chi connectivity index (χ1v) is 5.34. The number of carboxylic acid groups (broad SMARTS) is 1. The van der Waals surface area contributed by atoms with E-state index in [1.54, 1.807) is 0 Å². The molecule has 3 unspecified atom stereocenters. The maximum Gasteiger partial charge on any atom is 0.310 e. The largest absolute Gasteiger partial charge is 0.481 e. The molecule has 13 heavy (non-hydrogen) atoms. The molecule has 0 amide bonds. The Labute approximate surface area is 78.3 Å². The molecule has 0 saturated heterocycles. The van der Waals surface area contributed by atoms with Crippen molar-refractivity contribution in [2.75, 3.05) is 0 Å². The molecule has 0 aliphatic heterocycles. The minimum absolute atomic E-state index is 0.344. The van der Waals surface area contributed by atoms with Gasteiger partial charge in [0.25, 0.3) is 0 Å². The molecule has 0 aromatic rings. The minimum atomic E-state index is -0.521. The molecule has 2 nitrogen and oxygen atoms in total. The minimum Gasteiger partial charge on any atom is -0.481 e. The van der Waals surface area contributed by atoms with Crippen LogP contribution in [-0.4, -0.2) is 11.1 Å². The van der Waals surface area contributed by atoms with Gasteiger partial charge < -0.3 is 5.11 Å². The molecule has 3 fully saturated rings. The number of rotatable bonds is 1. The molecule has 3 aliphatic carbocycles. The average Bonchev–Trinajstić information content (AvgIpc) is 2.76. The Morgan fingerprint density at radius 1 is 1.46 bits per heavy atom. The molecule has 71 valence electrons. The number of fused-ring (bicyclic) bond motifs is 5. The van der Waals surface area contributed by atoms with Gasteiger partial charge in [-0.05, 0) is 49.9 Å². The van der Waals surface area contributed by atoms with Gasteiger partial charge in [-0.1, -0.05) is 6.42 Å². The van der Waals surface area contributed by atoms with Crippen molar-refractivity contribution in [3.8, 4) is 0 Å². The molecule has 3 saturated carbocycles. The summed E-state index contributed by atoms with van der Waals surface area (Å²) < 4.78 is 0. The number of carbonyl (C=O) groups is 1. The highest BCUT2D eigenvalue weighted by molar-refractivity contribution is 5.80. The van der Waals surface area contributed by atoms with E-state index in [-0.39, 0.29) is 5.41 Å². The van der Waals surface area contributed by atoms with Crippen molar-refractivity contribution < 1.29 is 9.90 Å². The van der Waals surface area contributed by atoms with E-state index < -0.39 is 5.97 Å². The fraction of sp³-hybridized carbons (Fsp3) is 0.818. The number of hydrogen-bond donors (Lipinski definition) is 1. The lowest BCUT2D eigenvalue weighted by molar-refractivity contribution is -0.150. The molecule has 0 aromatic heterocycles. The van der Waals surface area contributed by atoms with Gasteiger partial charge in [0.1, 0.15) is 0 Å². The lowest BCUT2D eigenvalue weighted by Gasteiger charge is -2.34. The van der Waals surface area contributed by atoms with Crippen LogP contribution in [0.4, 0.5) is 0 Å². The Balaban J connectivity index is 2.04. The van der Waals surface area contributed by atoms with Crippen LogP contribution in [0.3, 0.4) is 0 Å². The third kappa shape index (κ3) is 0.733. The number of hydrogen-bond acceptors (Lipinski definition) is 1. The van der Waals surface area contributed by atoms with Crippen molar-refractivity contribution in [3.05, 3.63) is 5.92 Å². The predicted octanol–water partition coefficient (Wildman–Crippen LogP) is 2.25. The zero-order valence-corrected chi connectivity index (χ0v) is 7.75. The Morgan fingerprint density at radius 2 is 2.31 bits per heavy atom. The molecule has 2 heteroatoms. The lowest BCUT2D eigenvalue weighted by Crippen LogP contribution is -2.38. The smallest absolute Gasteiger partial charge is 0.310 e. The molecular formula is C11H15O2. The van der Waals surface area contributed by atoms with Crippen molar-refractivity contribution in [3.63, 3.8) is 0 Å². The molecule has 3 rings (SSSR count). The van der Waals surface area contributed by atoms with Gasteiger partial charge in [-0.3, -0.25) is 4.79 Å². The van der Waals surface area contributed by atoms with Crippen LogP contribution in [0.5, 0.6) is 0 Å². The second kappa shape index (κ2) is 2.28. The number of aliphatic carboxylic acids is 1. The second-order valence-corrected chi connectivity index (χ2v) is 4.88. The molecule has 0 aromatic carbocycles. The summed E-state index contributed by atoms with van der Waals surface area (Å²) in [7, 11) is 0. The molecule has 1 radical (unpaired) electrons. The first-order chi connectivity index (χ1) is 6.25. The van der Waals surface area contributed by atoms with Crippen molar-refractivity contribution in [1.29, 1.82) is 0 Å². The molecular weight excluding hydrogens is 164 g/mol. The summed E-state index contributed by atoms with van der Waals surface area (Å²) in [6, 6.07) is 0. The molecule has 0 heterocycles. The highest BCUT2D eigenvalue weighted by Crippen LogP contribution is 2.67. The van der Waals surface area contributed by atoms with Crippen LogP contribution in [0, 0.1) is 23.2 Å². The van der Waals surface area contributed by atoms with Gasteiger partial charge in [0.05, 0.1) is 5.41 Å². The third-order valence-electron chi connectivity index (χ3n) is 4.63. The van der Waals surface area contributed by atoms with E-state index in [1.807, 2.05) is 0 Å². The van der Waals surface area contributed by atoms with E-state index in [0.29, 0.717) is 5.92 Å².